The molecule has 2 nitrogen and oxygen atoms in total. The minimum absolute atomic E-state index is 0.111. The molecule has 0 aliphatic carbocycles. The van der Waals surface area contributed by atoms with Crippen LogP contribution in [0.25, 0.3) is 0 Å². The van der Waals surface area contributed by atoms with Crippen molar-refractivity contribution in [2.45, 2.75) is 32.4 Å². The predicted molar refractivity (Wildman–Crippen MR) is 72.9 cm³/mol. The molecule has 102 valence electrons. The highest BCUT2D eigenvalue weighted by atomic mass is 32.2. The van der Waals surface area contributed by atoms with E-state index in [0.29, 0.717) is 4.75 Å². The van der Waals surface area contributed by atoms with Crippen LogP contribution in [0, 0.1) is 18.6 Å². The van der Waals surface area contributed by atoms with Gasteiger partial charge in [0.05, 0.1) is 0 Å². The number of carbonyl (C=O) groups excluding carboxylic acids is 1. The van der Waals surface area contributed by atoms with Crippen LogP contribution in [0.1, 0.15) is 36.7 Å². The third-order valence-electron chi connectivity index (χ3n) is 2.18. The first-order valence-corrected chi connectivity index (χ1v) is 6.61. The van der Waals surface area contributed by atoms with Crippen molar-refractivity contribution in [1.82, 2.24) is 0 Å². The lowest BCUT2D eigenvalue weighted by molar-refractivity contribution is 0.0999. The Labute approximate surface area is 111 Å². The number of benzene rings is 1. The first kappa shape index (κ1) is 16.9. The van der Waals surface area contributed by atoms with E-state index in [4.69, 9.17) is 5.73 Å². The fourth-order valence-corrected chi connectivity index (χ4v) is 0.788. The second-order valence-electron chi connectivity index (χ2n) is 4.75. The quantitative estimate of drug-likeness (QED) is 0.852. The van der Waals surface area contributed by atoms with E-state index in [1.54, 1.807) is 0 Å². The first-order chi connectivity index (χ1) is 8.08. The number of rotatable bonds is 1. The molecule has 1 aromatic carbocycles. The first-order valence-electron chi connectivity index (χ1n) is 5.39. The molecule has 0 saturated carbocycles. The van der Waals surface area contributed by atoms with Crippen molar-refractivity contribution in [2.75, 3.05) is 6.26 Å². The third kappa shape index (κ3) is 6.00. The van der Waals surface area contributed by atoms with Crippen LogP contribution in [0.4, 0.5) is 8.78 Å². The van der Waals surface area contributed by atoms with Crippen LogP contribution in [0.5, 0.6) is 0 Å². The molecular weight excluding hydrogens is 256 g/mol. The van der Waals surface area contributed by atoms with Gasteiger partial charge in [-0.15, -0.1) is 0 Å². The Bertz CT molecular complexity index is 404. The van der Waals surface area contributed by atoms with Crippen LogP contribution in [0.15, 0.2) is 12.1 Å². The summed E-state index contributed by atoms with van der Waals surface area (Å²) in [5, 5.41) is 0. The van der Waals surface area contributed by atoms with Gasteiger partial charge in [-0.2, -0.15) is 11.8 Å². The topological polar surface area (TPSA) is 43.1 Å². The Kier molecular flexibility index (Phi) is 6.32. The zero-order chi connectivity index (χ0) is 14.5. The smallest absolute Gasteiger partial charge is 0.248 e. The highest BCUT2D eigenvalue weighted by Gasteiger charge is 2.09. The molecule has 0 radical (unpaired) electrons. The third-order valence-corrected chi connectivity index (χ3v) is 3.40. The van der Waals surface area contributed by atoms with E-state index in [-0.39, 0.29) is 11.1 Å². The van der Waals surface area contributed by atoms with Crippen molar-refractivity contribution in [2.24, 2.45) is 5.73 Å². The fourth-order valence-electron chi connectivity index (χ4n) is 0.788. The van der Waals surface area contributed by atoms with Gasteiger partial charge in [-0.3, -0.25) is 4.79 Å². The van der Waals surface area contributed by atoms with Gasteiger partial charge in [0.2, 0.25) is 5.91 Å². The number of hydrogen-bond acceptors (Lipinski definition) is 2. The van der Waals surface area contributed by atoms with Crippen LogP contribution < -0.4 is 5.73 Å². The molecule has 1 amide bonds. The summed E-state index contributed by atoms with van der Waals surface area (Å²) in [5.74, 6) is -2.36. The van der Waals surface area contributed by atoms with E-state index in [1.807, 2.05) is 11.8 Å². The standard InChI is InChI=1S/C8H7F2NO.C5H12S/c1-4-6(9)2-5(8(11)12)3-7(4)10;1-5(2,3)6-4/h2-3H,1H3,(H2,11,12);1-4H3. The Morgan fingerprint density at radius 2 is 1.56 bits per heavy atom. The van der Waals surface area contributed by atoms with Crippen molar-refractivity contribution in [3.05, 3.63) is 34.9 Å². The van der Waals surface area contributed by atoms with Crippen molar-refractivity contribution < 1.29 is 13.6 Å². The van der Waals surface area contributed by atoms with Gasteiger partial charge in [0, 0.05) is 15.9 Å². The van der Waals surface area contributed by atoms with E-state index in [2.05, 4.69) is 27.0 Å². The Morgan fingerprint density at radius 1 is 1.22 bits per heavy atom. The molecule has 5 heteroatoms. The molecule has 0 aromatic heterocycles. The van der Waals surface area contributed by atoms with E-state index in [9.17, 15) is 13.6 Å². The second kappa shape index (κ2) is 6.73. The molecule has 0 saturated heterocycles. The van der Waals surface area contributed by atoms with Gasteiger partial charge in [-0.05, 0) is 25.3 Å². The summed E-state index contributed by atoms with van der Waals surface area (Å²) < 4.78 is 26.0. The minimum Gasteiger partial charge on any atom is -0.366 e. The molecule has 0 heterocycles. The van der Waals surface area contributed by atoms with Crippen molar-refractivity contribution in [3.63, 3.8) is 0 Å². The lowest BCUT2D eigenvalue weighted by Gasteiger charge is -2.12. The molecule has 1 rings (SSSR count). The second-order valence-corrected chi connectivity index (χ2v) is 6.38. The van der Waals surface area contributed by atoms with Crippen LogP contribution in [-0.2, 0) is 0 Å². The molecule has 2 N–H and O–H groups in total. The summed E-state index contributed by atoms with van der Waals surface area (Å²) in [6.07, 6.45) is 2.12. The van der Waals surface area contributed by atoms with Crippen LogP contribution in [0.3, 0.4) is 0 Å². The molecule has 1 aromatic rings. The molecule has 0 aliphatic heterocycles. The van der Waals surface area contributed by atoms with Gasteiger partial charge in [-0.25, -0.2) is 8.78 Å². The maximum absolute atomic E-state index is 12.8. The van der Waals surface area contributed by atoms with Gasteiger partial charge < -0.3 is 5.73 Å². The van der Waals surface area contributed by atoms with E-state index < -0.39 is 17.5 Å². The van der Waals surface area contributed by atoms with Crippen LogP contribution >= 0.6 is 11.8 Å². The average molecular weight is 275 g/mol. The Hall–Kier alpha value is -1.10. The minimum atomic E-state index is -0.840. The summed E-state index contributed by atoms with van der Waals surface area (Å²) in [6.45, 7) is 7.91. The Morgan fingerprint density at radius 3 is 1.78 bits per heavy atom. The summed E-state index contributed by atoms with van der Waals surface area (Å²) >= 11 is 1.88. The van der Waals surface area contributed by atoms with Crippen molar-refractivity contribution in [1.29, 1.82) is 0 Å². The SMILES string of the molecule is CSC(C)(C)C.Cc1c(F)cc(C(N)=O)cc1F. The number of amides is 1. The summed E-state index contributed by atoms with van der Waals surface area (Å²) in [6, 6.07) is 1.83. The number of carbonyl (C=O) groups is 1. The number of halogens is 2. The molecule has 0 unspecified atom stereocenters. The summed E-state index contributed by atoms with van der Waals surface area (Å²) in [7, 11) is 0. The number of hydrogen-bond donors (Lipinski definition) is 1. The molecule has 0 bridgehead atoms. The molecule has 0 aliphatic rings. The number of nitrogens with two attached hydrogens (primary N) is 1. The zero-order valence-corrected chi connectivity index (χ0v) is 12.1. The highest BCUT2D eigenvalue weighted by Crippen LogP contribution is 2.18. The van der Waals surface area contributed by atoms with E-state index in [1.165, 1.54) is 6.92 Å². The number of primary amides is 1. The lowest BCUT2D eigenvalue weighted by atomic mass is 10.1. The molecule has 0 fully saturated rings. The Balaban J connectivity index is 0.000000411. The maximum Gasteiger partial charge on any atom is 0.248 e. The zero-order valence-electron chi connectivity index (χ0n) is 11.3. The van der Waals surface area contributed by atoms with Gasteiger partial charge in [0.15, 0.2) is 0 Å². The van der Waals surface area contributed by atoms with Crippen LogP contribution in [0.2, 0.25) is 0 Å². The molecule has 0 atom stereocenters. The molecular formula is C13H19F2NOS. The van der Waals surface area contributed by atoms with Gasteiger partial charge in [0.1, 0.15) is 11.6 Å². The monoisotopic (exact) mass is 275 g/mol. The largest absolute Gasteiger partial charge is 0.366 e. The molecule has 0 spiro atoms. The normalized spacial score (nSPS) is 10.6. The summed E-state index contributed by atoms with van der Waals surface area (Å²) in [4.78, 5) is 10.5. The molecule has 18 heavy (non-hydrogen) atoms. The average Bonchev–Trinajstić information content (AvgIpc) is 2.25. The van der Waals surface area contributed by atoms with Gasteiger partial charge >= 0.3 is 0 Å². The summed E-state index contributed by atoms with van der Waals surface area (Å²) in [5.41, 5.74) is 4.56. The van der Waals surface area contributed by atoms with Crippen LogP contribution in [-0.4, -0.2) is 16.9 Å². The maximum atomic E-state index is 12.8. The van der Waals surface area contributed by atoms with Crippen molar-refractivity contribution >= 4 is 17.7 Å². The van der Waals surface area contributed by atoms with E-state index in [0.717, 1.165) is 12.1 Å². The van der Waals surface area contributed by atoms with Gasteiger partial charge in [-0.1, -0.05) is 20.8 Å². The predicted octanol–water partition coefficient (Wildman–Crippen LogP) is 3.52. The van der Waals surface area contributed by atoms with Crippen molar-refractivity contribution in [3.8, 4) is 0 Å². The fraction of sp³-hybridized carbons (Fsp3) is 0.462. The highest BCUT2D eigenvalue weighted by molar-refractivity contribution is 7.99. The lowest BCUT2D eigenvalue weighted by Crippen LogP contribution is -2.12. The van der Waals surface area contributed by atoms with Gasteiger partial charge in [0.25, 0.3) is 0 Å². The number of thioether (sulfide) groups is 1. The van der Waals surface area contributed by atoms with E-state index >= 15 is 0 Å².